The Kier molecular flexibility index (Phi) is 2.11. The molecule has 3 nitrogen and oxygen atoms in total. The minimum absolute atomic E-state index is 0.0767. The van der Waals surface area contributed by atoms with Gasteiger partial charge in [0.1, 0.15) is 0 Å². The lowest BCUT2D eigenvalue weighted by atomic mass is 9.53. The molecule has 1 heterocycles. The fourth-order valence-electron chi connectivity index (χ4n) is 5.40. The van der Waals surface area contributed by atoms with Gasteiger partial charge in [-0.25, -0.2) is 0 Å². The molecule has 1 N–H and O–H groups in total. The third-order valence-corrected chi connectivity index (χ3v) is 5.86. The zero-order valence-corrected chi connectivity index (χ0v) is 10.2. The first kappa shape index (κ1) is 10.4. The number of aliphatic carboxylic acids is 1. The molecular weight excluding hydrogens is 214 g/mol. The summed E-state index contributed by atoms with van der Waals surface area (Å²) in [6.07, 6.45) is 7.24. The first-order chi connectivity index (χ1) is 8.20. The van der Waals surface area contributed by atoms with Gasteiger partial charge in [-0.05, 0) is 55.8 Å². The van der Waals surface area contributed by atoms with Gasteiger partial charge in [0.05, 0.1) is 5.92 Å². The maximum Gasteiger partial charge on any atom is 0.309 e. The fourth-order valence-corrected chi connectivity index (χ4v) is 5.40. The molecule has 0 aromatic rings. The lowest BCUT2D eigenvalue weighted by Gasteiger charge is -2.59. The Labute approximate surface area is 102 Å². The normalized spacial score (nSPS) is 49.3. The Hall–Kier alpha value is -0.570. The summed E-state index contributed by atoms with van der Waals surface area (Å²) < 4.78 is 0. The van der Waals surface area contributed by atoms with E-state index in [1.54, 1.807) is 0 Å². The molecule has 17 heavy (non-hydrogen) atoms. The van der Waals surface area contributed by atoms with E-state index in [9.17, 15) is 4.79 Å². The number of rotatable bonds is 2. The van der Waals surface area contributed by atoms with E-state index in [0.29, 0.717) is 0 Å². The van der Waals surface area contributed by atoms with E-state index >= 15 is 0 Å². The monoisotopic (exact) mass is 235 g/mol. The van der Waals surface area contributed by atoms with Crippen LogP contribution in [0.15, 0.2) is 0 Å². The molecule has 0 atom stereocenters. The third-order valence-electron chi connectivity index (χ3n) is 5.86. The molecule has 0 aromatic heterocycles. The second-order valence-corrected chi connectivity index (χ2v) is 6.91. The summed E-state index contributed by atoms with van der Waals surface area (Å²) in [6.45, 7) is 1.64. The molecule has 94 valence electrons. The largest absolute Gasteiger partial charge is 0.481 e. The maximum atomic E-state index is 10.9. The van der Waals surface area contributed by atoms with Gasteiger partial charge in [-0.2, -0.15) is 0 Å². The Morgan fingerprint density at radius 2 is 1.47 bits per heavy atom. The van der Waals surface area contributed by atoms with Gasteiger partial charge in [0.25, 0.3) is 0 Å². The van der Waals surface area contributed by atoms with E-state index in [-0.39, 0.29) is 5.92 Å². The number of hydrogen-bond acceptors (Lipinski definition) is 2. The van der Waals surface area contributed by atoms with Crippen LogP contribution < -0.4 is 0 Å². The SMILES string of the molecule is O=C(O)C1CN(C2C3CC4CC(C3)CC2C4)C1. The molecular formula is C14H21NO2. The van der Waals surface area contributed by atoms with Crippen molar-refractivity contribution >= 4 is 5.97 Å². The quantitative estimate of drug-likeness (QED) is 0.794. The summed E-state index contributed by atoms with van der Waals surface area (Å²) in [4.78, 5) is 13.4. The number of likely N-dealkylation sites (tertiary alicyclic amines) is 1. The van der Waals surface area contributed by atoms with Crippen molar-refractivity contribution in [2.75, 3.05) is 13.1 Å². The van der Waals surface area contributed by atoms with Crippen molar-refractivity contribution in [2.45, 2.75) is 38.1 Å². The molecule has 0 aromatic carbocycles. The van der Waals surface area contributed by atoms with Crippen molar-refractivity contribution in [2.24, 2.45) is 29.6 Å². The average Bonchev–Trinajstić information content (AvgIpc) is 2.18. The lowest BCUT2D eigenvalue weighted by Crippen LogP contribution is -2.63. The highest BCUT2D eigenvalue weighted by Gasteiger charge is 2.52. The smallest absolute Gasteiger partial charge is 0.309 e. The second kappa shape index (κ2) is 3.47. The summed E-state index contributed by atoms with van der Waals surface area (Å²) in [5.41, 5.74) is 0. The molecule has 1 aliphatic heterocycles. The van der Waals surface area contributed by atoms with E-state index in [0.717, 1.165) is 42.8 Å². The molecule has 5 fully saturated rings. The zero-order valence-electron chi connectivity index (χ0n) is 10.2. The standard InChI is InChI=1S/C14H21NO2/c16-14(17)12-6-15(7-12)13-10-2-8-1-9(4-10)5-11(13)3-8/h8-13H,1-7H2,(H,16,17). The highest BCUT2D eigenvalue weighted by molar-refractivity contribution is 5.71. The molecule has 5 rings (SSSR count). The van der Waals surface area contributed by atoms with Gasteiger partial charge >= 0.3 is 5.97 Å². The van der Waals surface area contributed by atoms with Gasteiger partial charge in [0.15, 0.2) is 0 Å². The van der Waals surface area contributed by atoms with Gasteiger partial charge < -0.3 is 5.11 Å². The summed E-state index contributed by atoms with van der Waals surface area (Å²) in [7, 11) is 0. The first-order valence-corrected chi connectivity index (χ1v) is 7.17. The second-order valence-electron chi connectivity index (χ2n) is 6.91. The molecule has 0 radical (unpaired) electrons. The highest BCUT2D eigenvalue weighted by atomic mass is 16.4. The Morgan fingerprint density at radius 3 is 1.94 bits per heavy atom. The predicted molar refractivity (Wildman–Crippen MR) is 63.5 cm³/mol. The summed E-state index contributed by atoms with van der Waals surface area (Å²) in [5.74, 6) is 3.18. The highest BCUT2D eigenvalue weighted by Crippen LogP contribution is 2.55. The summed E-state index contributed by atoms with van der Waals surface area (Å²) in [5, 5.41) is 8.97. The van der Waals surface area contributed by atoms with Gasteiger partial charge in [0, 0.05) is 19.1 Å². The molecule has 0 amide bonds. The van der Waals surface area contributed by atoms with Crippen LogP contribution >= 0.6 is 0 Å². The van der Waals surface area contributed by atoms with Crippen molar-refractivity contribution in [3.8, 4) is 0 Å². The van der Waals surface area contributed by atoms with Crippen LogP contribution in [0.5, 0.6) is 0 Å². The van der Waals surface area contributed by atoms with Crippen LogP contribution in [-0.4, -0.2) is 35.1 Å². The van der Waals surface area contributed by atoms with Crippen LogP contribution in [0.25, 0.3) is 0 Å². The number of carboxylic acid groups (broad SMARTS) is 1. The summed E-state index contributed by atoms with van der Waals surface area (Å²) in [6, 6.07) is 0.749. The number of carboxylic acids is 1. The van der Waals surface area contributed by atoms with E-state index in [1.165, 1.54) is 32.1 Å². The first-order valence-electron chi connectivity index (χ1n) is 7.17. The van der Waals surface area contributed by atoms with Gasteiger partial charge in [-0.1, -0.05) is 0 Å². The molecule has 4 saturated carbocycles. The number of nitrogens with zero attached hydrogens (tertiary/aromatic N) is 1. The van der Waals surface area contributed by atoms with Crippen molar-refractivity contribution < 1.29 is 9.90 Å². The van der Waals surface area contributed by atoms with Crippen LogP contribution in [0.1, 0.15) is 32.1 Å². The van der Waals surface area contributed by atoms with Gasteiger partial charge in [0.2, 0.25) is 0 Å². The van der Waals surface area contributed by atoms with Crippen molar-refractivity contribution in [3.63, 3.8) is 0 Å². The van der Waals surface area contributed by atoms with Crippen molar-refractivity contribution in [1.29, 1.82) is 0 Å². The topological polar surface area (TPSA) is 40.5 Å². The number of carbonyl (C=O) groups is 1. The molecule has 0 spiro atoms. The third kappa shape index (κ3) is 1.48. The van der Waals surface area contributed by atoms with Crippen LogP contribution in [0, 0.1) is 29.6 Å². The number of hydrogen-bond donors (Lipinski definition) is 1. The Balaban J connectivity index is 1.47. The average molecular weight is 235 g/mol. The van der Waals surface area contributed by atoms with E-state index in [2.05, 4.69) is 4.90 Å². The molecule has 0 unspecified atom stereocenters. The zero-order chi connectivity index (χ0) is 11.6. The van der Waals surface area contributed by atoms with Crippen LogP contribution in [0.2, 0.25) is 0 Å². The molecule has 5 aliphatic rings. The van der Waals surface area contributed by atoms with E-state index in [1.807, 2.05) is 0 Å². The molecule has 4 bridgehead atoms. The molecule has 1 saturated heterocycles. The molecule has 3 heteroatoms. The Morgan fingerprint density at radius 1 is 0.941 bits per heavy atom. The minimum atomic E-state index is -0.593. The van der Waals surface area contributed by atoms with Gasteiger partial charge in [-0.3, -0.25) is 9.69 Å². The van der Waals surface area contributed by atoms with Crippen LogP contribution in [0.4, 0.5) is 0 Å². The molecule has 4 aliphatic carbocycles. The van der Waals surface area contributed by atoms with Crippen molar-refractivity contribution in [3.05, 3.63) is 0 Å². The Bertz CT molecular complexity index is 320. The fraction of sp³-hybridized carbons (Fsp3) is 0.929. The maximum absolute atomic E-state index is 10.9. The van der Waals surface area contributed by atoms with Crippen LogP contribution in [0.3, 0.4) is 0 Å². The van der Waals surface area contributed by atoms with Gasteiger partial charge in [-0.15, -0.1) is 0 Å². The van der Waals surface area contributed by atoms with Crippen molar-refractivity contribution in [1.82, 2.24) is 4.90 Å². The minimum Gasteiger partial charge on any atom is -0.481 e. The lowest BCUT2D eigenvalue weighted by molar-refractivity contribution is -0.155. The summed E-state index contributed by atoms with van der Waals surface area (Å²) >= 11 is 0. The predicted octanol–water partition coefficient (Wildman–Crippen LogP) is 1.83. The van der Waals surface area contributed by atoms with Crippen LogP contribution in [-0.2, 0) is 4.79 Å². The van der Waals surface area contributed by atoms with E-state index in [4.69, 9.17) is 5.11 Å². The van der Waals surface area contributed by atoms with E-state index < -0.39 is 5.97 Å².